The van der Waals surface area contributed by atoms with Crippen molar-refractivity contribution in [3.05, 3.63) is 71.3 Å². The highest BCUT2D eigenvalue weighted by Crippen LogP contribution is 2.66. The van der Waals surface area contributed by atoms with Gasteiger partial charge in [0, 0.05) is 17.0 Å². The van der Waals surface area contributed by atoms with Gasteiger partial charge in [0.05, 0.1) is 17.5 Å². The Morgan fingerprint density at radius 1 is 0.927 bits per heavy atom. The summed E-state index contributed by atoms with van der Waals surface area (Å²) in [5.74, 6) is -8.71. The molecule has 214 valence electrons. The largest absolute Gasteiger partial charge is 0.505 e. The highest BCUT2D eigenvalue weighted by molar-refractivity contribution is 6.58. The normalized spacial score (nSPS) is 33.1. The van der Waals surface area contributed by atoms with Gasteiger partial charge in [0.25, 0.3) is 11.8 Å². The van der Waals surface area contributed by atoms with Crippen LogP contribution in [-0.4, -0.2) is 48.9 Å². The Morgan fingerprint density at radius 2 is 1.59 bits per heavy atom. The molecule has 7 nitrogen and oxygen atoms in total. The van der Waals surface area contributed by atoms with Crippen molar-refractivity contribution in [1.82, 2.24) is 4.90 Å². The topological polar surface area (TPSA) is 95.0 Å². The summed E-state index contributed by atoms with van der Waals surface area (Å²) in [6, 6.07) is 8.38. The van der Waals surface area contributed by atoms with E-state index in [1.54, 1.807) is 26.8 Å². The molecular weight excluding hydrogens is 577 g/mol. The molecule has 2 aromatic rings. The van der Waals surface area contributed by atoms with Gasteiger partial charge in [-0.05, 0) is 69.9 Å². The third-order valence-corrected chi connectivity index (χ3v) is 10.3. The lowest BCUT2D eigenvalue weighted by atomic mass is 9.56. The first-order valence-electron chi connectivity index (χ1n) is 13.2. The molecule has 0 aromatic heterocycles. The minimum atomic E-state index is -2.25. The van der Waals surface area contributed by atoms with Crippen molar-refractivity contribution in [2.24, 2.45) is 17.8 Å². The van der Waals surface area contributed by atoms with Gasteiger partial charge in [0.1, 0.15) is 5.82 Å². The van der Waals surface area contributed by atoms with Gasteiger partial charge >= 0.3 is 0 Å². The van der Waals surface area contributed by atoms with Gasteiger partial charge in [-0.3, -0.25) is 24.1 Å². The molecule has 2 heterocycles. The summed E-state index contributed by atoms with van der Waals surface area (Å²) in [4.78, 5) is 53.2. The molecule has 2 aliphatic carbocycles. The maximum absolute atomic E-state index is 14.7. The van der Waals surface area contributed by atoms with Crippen LogP contribution in [0, 0.1) is 29.4 Å². The molecule has 6 rings (SSSR count). The number of aromatic hydroxyl groups is 1. The lowest BCUT2D eigenvalue weighted by Crippen LogP contribution is -2.60. The van der Waals surface area contributed by atoms with Crippen LogP contribution in [0.1, 0.15) is 45.1 Å². The zero-order valence-corrected chi connectivity index (χ0v) is 23.8. The smallest absolute Gasteiger partial charge is 0.258 e. The van der Waals surface area contributed by atoms with Crippen molar-refractivity contribution < 1.29 is 33.1 Å². The van der Waals surface area contributed by atoms with Crippen LogP contribution >= 0.6 is 23.2 Å². The number of fused-ring (bicyclic) bond motifs is 4. The van der Waals surface area contributed by atoms with E-state index in [0.29, 0.717) is 5.57 Å². The number of benzene rings is 2. The minimum absolute atomic E-state index is 0.0268. The fourth-order valence-corrected chi connectivity index (χ4v) is 8.10. The van der Waals surface area contributed by atoms with E-state index in [0.717, 1.165) is 23.1 Å². The van der Waals surface area contributed by atoms with Crippen molar-refractivity contribution >= 4 is 52.5 Å². The van der Waals surface area contributed by atoms with E-state index in [1.165, 1.54) is 29.2 Å². The number of amides is 4. The number of para-hydroxylation sites is 1. The maximum Gasteiger partial charge on any atom is 0.258 e. The van der Waals surface area contributed by atoms with Crippen molar-refractivity contribution in [3.63, 3.8) is 0 Å². The third-order valence-electron chi connectivity index (χ3n) is 8.90. The van der Waals surface area contributed by atoms with E-state index in [9.17, 15) is 33.1 Å². The second kappa shape index (κ2) is 8.85. The van der Waals surface area contributed by atoms with E-state index in [1.807, 2.05) is 0 Å². The number of rotatable bonds is 2. The average molecular weight is 603 g/mol. The molecule has 2 aromatic carbocycles. The molecule has 0 radical (unpaired) electrons. The lowest BCUT2D eigenvalue weighted by Gasteiger charge is -2.50. The first kappa shape index (κ1) is 27.8. The number of alkyl halides is 2. The van der Waals surface area contributed by atoms with E-state index in [4.69, 9.17) is 23.2 Å². The van der Waals surface area contributed by atoms with Gasteiger partial charge in [0.15, 0.2) is 21.3 Å². The first-order valence-corrected chi connectivity index (χ1v) is 14.0. The molecule has 4 aliphatic rings. The van der Waals surface area contributed by atoms with Crippen LogP contribution in [0.5, 0.6) is 5.75 Å². The molecule has 0 bridgehead atoms. The fourth-order valence-electron chi connectivity index (χ4n) is 7.17. The number of carbonyl (C=O) groups excluding carboxylic acids is 4. The number of carbonyl (C=O) groups is 4. The SMILES string of the molecule is CC(C)(C)N1C(=O)C2CC=C3C(CC4(Cl)C(=O)N(c5ccc(F)cc5)C(=O)C4(Cl)C3c3cccc(F)c3O)C2C1=O. The number of imide groups is 2. The van der Waals surface area contributed by atoms with E-state index in [-0.39, 0.29) is 30.0 Å². The second-order valence-electron chi connectivity index (χ2n) is 12.1. The third kappa shape index (κ3) is 3.54. The van der Waals surface area contributed by atoms with E-state index in [2.05, 4.69) is 0 Å². The molecule has 1 saturated carbocycles. The Bertz CT molecular complexity index is 1570. The highest BCUT2D eigenvalue weighted by atomic mass is 35.5. The number of halogens is 4. The van der Waals surface area contributed by atoms with Gasteiger partial charge in [-0.15, -0.1) is 23.2 Å². The number of hydrogen-bond acceptors (Lipinski definition) is 5. The number of phenols is 1. The molecule has 41 heavy (non-hydrogen) atoms. The summed E-state index contributed by atoms with van der Waals surface area (Å²) in [7, 11) is 0. The standard InChI is InChI=1S/C30H26Cl2F2N2O5/c1-28(2,3)36-24(38)17-12-11-16-19(21(17)25(36)39)13-29(31)26(40)35(15-9-7-14(33)8-10-15)27(41)30(29,32)22(16)18-5-4-6-20(34)23(18)37/h4-11,17,19,21-22,37H,12-13H2,1-3H3. The number of allylic oxidation sites excluding steroid dienone is 2. The highest BCUT2D eigenvalue weighted by Gasteiger charge is 2.77. The predicted molar refractivity (Wildman–Crippen MR) is 146 cm³/mol. The summed E-state index contributed by atoms with van der Waals surface area (Å²) in [6.45, 7) is 5.24. The van der Waals surface area contributed by atoms with Gasteiger partial charge in [-0.2, -0.15) is 0 Å². The minimum Gasteiger partial charge on any atom is -0.505 e. The zero-order chi connectivity index (χ0) is 29.8. The molecule has 0 spiro atoms. The zero-order valence-electron chi connectivity index (χ0n) is 22.3. The number of likely N-dealkylation sites (tertiary alicyclic amines) is 1. The molecule has 3 fully saturated rings. The first-order chi connectivity index (χ1) is 19.1. The van der Waals surface area contributed by atoms with Gasteiger partial charge in [-0.1, -0.05) is 23.8 Å². The Morgan fingerprint density at radius 3 is 2.22 bits per heavy atom. The molecule has 2 saturated heterocycles. The lowest BCUT2D eigenvalue weighted by molar-refractivity contribution is -0.145. The van der Waals surface area contributed by atoms with E-state index < -0.39 is 74.1 Å². The Balaban J connectivity index is 1.58. The van der Waals surface area contributed by atoms with Gasteiger partial charge in [0.2, 0.25) is 11.8 Å². The summed E-state index contributed by atoms with van der Waals surface area (Å²) in [5, 5.41) is 10.9. The number of anilines is 1. The number of hydrogen-bond donors (Lipinski definition) is 1. The number of nitrogens with zero attached hydrogens (tertiary/aromatic N) is 2. The Kier molecular flexibility index (Phi) is 6.01. The van der Waals surface area contributed by atoms with E-state index >= 15 is 0 Å². The van der Waals surface area contributed by atoms with Gasteiger partial charge in [-0.25, -0.2) is 13.7 Å². The molecule has 11 heteroatoms. The monoisotopic (exact) mass is 602 g/mol. The van der Waals surface area contributed by atoms with Crippen LogP contribution in [0.2, 0.25) is 0 Å². The predicted octanol–water partition coefficient (Wildman–Crippen LogP) is 5.03. The van der Waals surface area contributed by atoms with Crippen LogP contribution in [0.3, 0.4) is 0 Å². The van der Waals surface area contributed by atoms with Crippen molar-refractivity contribution in [3.8, 4) is 5.75 Å². The van der Waals surface area contributed by atoms with Crippen LogP contribution < -0.4 is 4.90 Å². The van der Waals surface area contributed by atoms with Crippen molar-refractivity contribution in [2.75, 3.05) is 4.90 Å². The van der Waals surface area contributed by atoms with Crippen LogP contribution in [-0.2, 0) is 19.2 Å². The van der Waals surface area contributed by atoms with Crippen LogP contribution in [0.15, 0.2) is 54.1 Å². The van der Waals surface area contributed by atoms with Gasteiger partial charge < -0.3 is 5.11 Å². The second-order valence-corrected chi connectivity index (χ2v) is 13.4. The Labute approximate surface area is 244 Å². The molecule has 4 amide bonds. The summed E-state index contributed by atoms with van der Waals surface area (Å²) in [5.41, 5.74) is -0.434. The summed E-state index contributed by atoms with van der Waals surface area (Å²) in [6.07, 6.45) is 1.58. The molecule has 6 unspecified atom stereocenters. The van der Waals surface area contributed by atoms with Crippen LogP contribution in [0.4, 0.5) is 14.5 Å². The molecule has 2 aliphatic heterocycles. The summed E-state index contributed by atoms with van der Waals surface area (Å²) < 4.78 is 28.5. The molecular formula is C30H26Cl2F2N2O5. The molecule has 1 N–H and O–H groups in total. The molecule has 6 atom stereocenters. The van der Waals surface area contributed by atoms with Crippen LogP contribution in [0.25, 0.3) is 0 Å². The number of phenolic OH excluding ortho intramolecular Hbond substituents is 1. The maximum atomic E-state index is 14.7. The quantitative estimate of drug-likeness (QED) is 0.295. The summed E-state index contributed by atoms with van der Waals surface area (Å²) >= 11 is 14.4. The Hall–Kier alpha value is -3.30. The fraction of sp³-hybridized carbons (Fsp3) is 0.400. The average Bonchev–Trinajstić information content (AvgIpc) is 3.25. The van der Waals surface area contributed by atoms with Crippen molar-refractivity contribution in [1.29, 1.82) is 0 Å². The van der Waals surface area contributed by atoms with Crippen molar-refractivity contribution in [2.45, 2.75) is 54.8 Å².